The first kappa shape index (κ1) is 9.16. The molecule has 0 atom stereocenters. The lowest BCUT2D eigenvalue weighted by molar-refractivity contribution is 0.518. The minimum Gasteiger partial charge on any atom is -0.325 e. The van der Waals surface area contributed by atoms with Crippen molar-refractivity contribution in [2.24, 2.45) is 5.73 Å². The van der Waals surface area contributed by atoms with Gasteiger partial charge in [-0.25, -0.2) is 4.98 Å². The SMILES string of the molecule is CC(C)(N)Cc1scnc1C1CC1. The van der Waals surface area contributed by atoms with E-state index >= 15 is 0 Å². The van der Waals surface area contributed by atoms with E-state index in [1.807, 2.05) is 5.51 Å². The molecule has 2 rings (SSSR count). The van der Waals surface area contributed by atoms with Crippen molar-refractivity contribution in [3.63, 3.8) is 0 Å². The molecule has 1 heterocycles. The summed E-state index contributed by atoms with van der Waals surface area (Å²) in [7, 11) is 0. The molecular weight excluding hydrogens is 180 g/mol. The molecule has 0 aromatic carbocycles. The zero-order valence-electron chi connectivity index (χ0n) is 8.21. The largest absolute Gasteiger partial charge is 0.325 e. The standard InChI is InChI=1S/C10H16N2S/c1-10(2,11)5-8-9(7-3-4-7)12-6-13-8/h6-7H,3-5,11H2,1-2H3. The van der Waals surface area contributed by atoms with Crippen LogP contribution in [0.3, 0.4) is 0 Å². The van der Waals surface area contributed by atoms with Gasteiger partial charge in [0.1, 0.15) is 0 Å². The van der Waals surface area contributed by atoms with Crippen molar-refractivity contribution >= 4 is 11.3 Å². The van der Waals surface area contributed by atoms with Crippen LogP contribution in [-0.4, -0.2) is 10.5 Å². The number of nitrogens with zero attached hydrogens (tertiary/aromatic N) is 1. The highest BCUT2D eigenvalue weighted by molar-refractivity contribution is 7.09. The van der Waals surface area contributed by atoms with E-state index in [4.69, 9.17) is 5.73 Å². The molecule has 1 saturated carbocycles. The normalized spacial score (nSPS) is 17.8. The molecule has 0 spiro atoms. The Bertz CT molecular complexity index is 294. The molecule has 2 nitrogen and oxygen atoms in total. The fraction of sp³-hybridized carbons (Fsp3) is 0.700. The molecule has 1 aliphatic carbocycles. The highest BCUT2D eigenvalue weighted by Crippen LogP contribution is 2.42. The van der Waals surface area contributed by atoms with Gasteiger partial charge >= 0.3 is 0 Å². The van der Waals surface area contributed by atoms with Gasteiger partial charge in [-0.15, -0.1) is 11.3 Å². The van der Waals surface area contributed by atoms with Crippen LogP contribution in [0.25, 0.3) is 0 Å². The van der Waals surface area contributed by atoms with Crippen LogP contribution in [0.1, 0.15) is 43.2 Å². The summed E-state index contributed by atoms with van der Waals surface area (Å²) >= 11 is 1.75. The first-order valence-corrected chi connectivity index (χ1v) is 5.65. The Morgan fingerprint density at radius 2 is 2.31 bits per heavy atom. The molecule has 2 N–H and O–H groups in total. The summed E-state index contributed by atoms with van der Waals surface area (Å²) in [4.78, 5) is 5.82. The predicted octanol–water partition coefficient (Wildman–Crippen LogP) is 2.30. The average molecular weight is 196 g/mol. The third kappa shape index (κ3) is 2.29. The molecule has 1 fully saturated rings. The number of aromatic nitrogens is 1. The van der Waals surface area contributed by atoms with Crippen LogP contribution in [0.15, 0.2) is 5.51 Å². The van der Waals surface area contributed by atoms with E-state index in [0.717, 1.165) is 12.3 Å². The van der Waals surface area contributed by atoms with Gasteiger partial charge in [-0.3, -0.25) is 0 Å². The Hall–Kier alpha value is -0.410. The van der Waals surface area contributed by atoms with Gasteiger partial charge in [0.05, 0.1) is 11.2 Å². The van der Waals surface area contributed by atoms with Gasteiger partial charge in [0.15, 0.2) is 0 Å². The second kappa shape index (κ2) is 3.07. The van der Waals surface area contributed by atoms with E-state index in [2.05, 4.69) is 18.8 Å². The summed E-state index contributed by atoms with van der Waals surface area (Å²) < 4.78 is 0. The number of thiazole rings is 1. The molecule has 0 amide bonds. The summed E-state index contributed by atoms with van der Waals surface area (Å²) in [6.45, 7) is 4.15. The van der Waals surface area contributed by atoms with Crippen LogP contribution in [0.4, 0.5) is 0 Å². The fourth-order valence-corrected chi connectivity index (χ4v) is 2.60. The van der Waals surface area contributed by atoms with Crippen molar-refractivity contribution in [1.82, 2.24) is 4.98 Å². The summed E-state index contributed by atoms with van der Waals surface area (Å²) in [5, 5.41) is 0. The predicted molar refractivity (Wildman–Crippen MR) is 56.1 cm³/mol. The molecule has 1 aromatic rings. The average Bonchev–Trinajstić information content (AvgIpc) is 2.72. The van der Waals surface area contributed by atoms with Gasteiger partial charge < -0.3 is 5.73 Å². The van der Waals surface area contributed by atoms with Gasteiger partial charge in [0.2, 0.25) is 0 Å². The van der Waals surface area contributed by atoms with Crippen LogP contribution in [-0.2, 0) is 6.42 Å². The monoisotopic (exact) mass is 196 g/mol. The highest BCUT2D eigenvalue weighted by Gasteiger charge is 2.29. The molecule has 72 valence electrons. The van der Waals surface area contributed by atoms with Crippen LogP contribution < -0.4 is 5.73 Å². The zero-order valence-corrected chi connectivity index (χ0v) is 9.03. The third-order valence-corrected chi connectivity index (χ3v) is 3.10. The third-order valence-electron chi connectivity index (χ3n) is 2.25. The second-order valence-corrected chi connectivity index (χ2v) is 5.54. The summed E-state index contributed by atoms with van der Waals surface area (Å²) in [5.41, 5.74) is 9.17. The van der Waals surface area contributed by atoms with Crippen LogP contribution in [0, 0.1) is 0 Å². The molecule has 0 unspecified atom stereocenters. The Labute approximate surface area is 83.2 Å². The summed E-state index contributed by atoms with van der Waals surface area (Å²) in [5.74, 6) is 0.753. The van der Waals surface area contributed by atoms with E-state index in [9.17, 15) is 0 Å². The van der Waals surface area contributed by atoms with Crippen LogP contribution >= 0.6 is 11.3 Å². The van der Waals surface area contributed by atoms with E-state index in [1.165, 1.54) is 23.4 Å². The van der Waals surface area contributed by atoms with Crippen LogP contribution in [0.2, 0.25) is 0 Å². The lowest BCUT2D eigenvalue weighted by Crippen LogP contribution is -2.34. The van der Waals surface area contributed by atoms with Crippen LogP contribution in [0.5, 0.6) is 0 Å². The first-order chi connectivity index (χ1) is 6.06. The van der Waals surface area contributed by atoms with Gasteiger partial charge in [0, 0.05) is 22.8 Å². The van der Waals surface area contributed by atoms with E-state index in [0.29, 0.717) is 0 Å². The maximum Gasteiger partial charge on any atom is 0.0797 e. The van der Waals surface area contributed by atoms with Crippen molar-refractivity contribution in [2.45, 2.75) is 44.6 Å². The molecule has 1 aliphatic rings. The maximum absolute atomic E-state index is 6.00. The molecule has 13 heavy (non-hydrogen) atoms. The second-order valence-electron chi connectivity index (χ2n) is 4.60. The van der Waals surface area contributed by atoms with Crippen molar-refractivity contribution in [3.8, 4) is 0 Å². The first-order valence-electron chi connectivity index (χ1n) is 4.77. The summed E-state index contributed by atoms with van der Waals surface area (Å²) in [6.07, 6.45) is 3.60. The maximum atomic E-state index is 6.00. The van der Waals surface area contributed by atoms with E-state index < -0.39 is 0 Å². The van der Waals surface area contributed by atoms with Gasteiger partial charge in [-0.1, -0.05) is 0 Å². The van der Waals surface area contributed by atoms with Crippen molar-refractivity contribution in [1.29, 1.82) is 0 Å². The molecule has 1 aromatic heterocycles. The molecular formula is C10H16N2S. The Kier molecular flexibility index (Phi) is 2.16. The Balaban J connectivity index is 2.15. The molecule has 0 aliphatic heterocycles. The number of rotatable bonds is 3. The van der Waals surface area contributed by atoms with Gasteiger partial charge in [0.25, 0.3) is 0 Å². The molecule has 3 heteroatoms. The minimum atomic E-state index is -0.101. The Morgan fingerprint density at radius 1 is 1.62 bits per heavy atom. The zero-order chi connectivity index (χ0) is 9.47. The topological polar surface area (TPSA) is 38.9 Å². The van der Waals surface area contributed by atoms with E-state index in [-0.39, 0.29) is 5.54 Å². The smallest absolute Gasteiger partial charge is 0.0797 e. The van der Waals surface area contributed by atoms with Crippen molar-refractivity contribution < 1.29 is 0 Å². The lowest BCUT2D eigenvalue weighted by atomic mass is 10.00. The number of hydrogen-bond donors (Lipinski definition) is 1. The molecule has 0 radical (unpaired) electrons. The number of hydrogen-bond acceptors (Lipinski definition) is 3. The molecule has 0 saturated heterocycles. The van der Waals surface area contributed by atoms with Gasteiger partial charge in [-0.2, -0.15) is 0 Å². The van der Waals surface area contributed by atoms with Crippen molar-refractivity contribution in [2.75, 3.05) is 0 Å². The summed E-state index contributed by atoms with van der Waals surface area (Å²) in [6, 6.07) is 0. The lowest BCUT2D eigenvalue weighted by Gasteiger charge is -2.17. The molecule has 0 bridgehead atoms. The quantitative estimate of drug-likeness (QED) is 0.805. The highest BCUT2D eigenvalue weighted by atomic mass is 32.1. The van der Waals surface area contributed by atoms with Gasteiger partial charge in [-0.05, 0) is 26.7 Å². The fourth-order valence-electron chi connectivity index (χ4n) is 1.52. The van der Waals surface area contributed by atoms with E-state index in [1.54, 1.807) is 11.3 Å². The van der Waals surface area contributed by atoms with Crippen molar-refractivity contribution in [3.05, 3.63) is 16.1 Å². The minimum absolute atomic E-state index is 0.101. The Morgan fingerprint density at radius 3 is 2.85 bits per heavy atom. The number of nitrogens with two attached hydrogens (primary N) is 1.